The zero-order valence-corrected chi connectivity index (χ0v) is 20.0. The number of benzene rings is 2. The van der Waals surface area contributed by atoms with Crippen molar-refractivity contribution in [3.05, 3.63) is 53.1 Å². The van der Waals surface area contributed by atoms with Gasteiger partial charge < -0.3 is 14.4 Å². The lowest BCUT2D eigenvalue weighted by Gasteiger charge is -2.30. The Hall–Kier alpha value is -3.10. The number of rotatable bonds is 7. The lowest BCUT2D eigenvalue weighted by Crippen LogP contribution is -2.54. The summed E-state index contributed by atoms with van der Waals surface area (Å²) in [6, 6.07) is 11.0. The zero-order valence-electron chi connectivity index (χ0n) is 18.4. The molecular weight excluding hydrogens is 462 g/mol. The van der Waals surface area contributed by atoms with Gasteiger partial charge in [-0.15, -0.1) is 11.6 Å². The van der Waals surface area contributed by atoms with Gasteiger partial charge in [0.15, 0.2) is 5.11 Å². The van der Waals surface area contributed by atoms with Crippen LogP contribution >= 0.6 is 23.8 Å². The molecule has 172 valence electrons. The van der Waals surface area contributed by atoms with E-state index >= 15 is 0 Å². The van der Waals surface area contributed by atoms with E-state index in [9.17, 15) is 9.59 Å². The van der Waals surface area contributed by atoms with Crippen LogP contribution in [-0.2, 0) is 16.0 Å². The first-order valence-corrected chi connectivity index (χ1v) is 11.5. The van der Waals surface area contributed by atoms with Crippen LogP contribution < -0.4 is 24.6 Å². The number of nitrogens with zero attached hydrogens (tertiary/aromatic N) is 2. The van der Waals surface area contributed by atoms with Gasteiger partial charge in [0.05, 0.1) is 19.9 Å². The van der Waals surface area contributed by atoms with Gasteiger partial charge in [0.2, 0.25) is 0 Å². The van der Waals surface area contributed by atoms with Crippen LogP contribution in [0.4, 0.5) is 11.4 Å². The number of methoxy groups -OCH3 is 2. The van der Waals surface area contributed by atoms with E-state index in [0.717, 1.165) is 31.5 Å². The third kappa shape index (κ3) is 4.54. The molecule has 0 spiro atoms. The van der Waals surface area contributed by atoms with Gasteiger partial charge in [-0.3, -0.25) is 14.9 Å². The van der Waals surface area contributed by atoms with E-state index in [0.29, 0.717) is 23.1 Å². The van der Waals surface area contributed by atoms with Crippen LogP contribution in [0.5, 0.6) is 11.5 Å². The molecule has 0 unspecified atom stereocenters. The van der Waals surface area contributed by atoms with Crippen molar-refractivity contribution in [1.82, 2.24) is 5.32 Å². The number of ether oxygens (including phenoxy) is 2. The molecule has 0 aromatic heterocycles. The van der Waals surface area contributed by atoms with Gasteiger partial charge in [-0.05, 0) is 66.5 Å². The number of hydrogen-bond acceptors (Lipinski definition) is 6. The van der Waals surface area contributed by atoms with Gasteiger partial charge >= 0.3 is 0 Å². The number of anilines is 2. The van der Waals surface area contributed by atoms with Gasteiger partial charge in [0.1, 0.15) is 17.1 Å². The summed E-state index contributed by atoms with van der Waals surface area (Å²) in [5.41, 5.74) is 3.51. The predicted octanol–water partition coefficient (Wildman–Crippen LogP) is 3.53. The number of nitrogens with one attached hydrogen (secondary N) is 1. The van der Waals surface area contributed by atoms with Gasteiger partial charge in [-0.1, -0.05) is 6.07 Å². The highest BCUT2D eigenvalue weighted by atomic mass is 35.5. The molecule has 33 heavy (non-hydrogen) atoms. The van der Waals surface area contributed by atoms with Crippen molar-refractivity contribution in [3.8, 4) is 11.5 Å². The molecule has 1 saturated heterocycles. The summed E-state index contributed by atoms with van der Waals surface area (Å²) in [5.74, 6) is 0.522. The first kappa shape index (κ1) is 23.1. The quantitative estimate of drug-likeness (QED) is 0.280. The fourth-order valence-corrected chi connectivity index (χ4v) is 4.47. The molecule has 2 aromatic rings. The standard InChI is InChI=1S/C24H24ClN3O4S/c1-31-17-5-7-21(32-2)20(14-17)28-23(30)18(22(29)26-24(28)33)13-15-4-6-19-16(12-15)8-11-27(19)10-3-9-25/h4-7,12-14H,3,8-11H2,1-2H3,(H,26,29,33)/b18-13+. The van der Waals surface area contributed by atoms with E-state index in [1.807, 2.05) is 18.2 Å². The van der Waals surface area contributed by atoms with Crippen molar-refractivity contribution in [3.63, 3.8) is 0 Å². The second-order valence-corrected chi connectivity index (χ2v) is 8.43. The smallest absolute Gasteiger partial charge is 0.270 e. The summed E-state index contributed by atoms with van der Waals surface area (Å²) in [4.78, 5) is 29.7. The van der Waals surface area contributed by atoms with Crippen molar-refractivity contribution in [2.75, 3.05) is 43.0 Å². The number of hydrogen-bond donors (Lipinski definition) is 1. The van der Waals surface area contributed by atoms with E-state index in [4.69, 9.17) is 33.3 Å². The second-order valence-electron chi connectivity index (χ2n) is 7.66. The molecule has 2 aromatic carbocycles. The largest absolute Gasteiger partial charge is 0.497 e. The highest BCUT2D eigenvalue weighted by molar-refractivity contribution is 7.80. The second kappa shape index (κ2) is 9.80. The predicted molar refractivity (Wildman–Crippen MR) is 133 cm³/mol. The van der Waals surface area contributed by atoms with Gasteiger partial charge in [0.25, 0.3) is 11.8 Å². The Kier molecular flexibility index (Phi) is 6.85. The third-order valence-electron chi connectivity index (χ3n) is 5.70. The van der Waals surface area contributed by atoms with Crippen molar-refractivity contribution in [1.29, 1.82) is 0 Å². The average molecular weight is 486 g/mol. The molecular formula is C24H24ClN3O4S. The number of amides is 2. The fourth-order valence-electron chi connectivity index (χ4n) is 4.08. The SMILES string of the molecule is COc1ccc(OC)c(N2C(=O)/C(=C/c3ccc4c(c3)CCN4CCCCl)C(=O)NC2=S)c1. The molecule has 0 bridgehead atoms. The normalized spacial score (nSPS) is 16.8. The van der Waals surface area contributed by atoms with Gasteiger partial charge in [-0.2, -0.15) is 0 Å². The van der Waals surface area contributed by atoms with Crippen molar-refractivity contribution < 1.29 is 19.1 Å². The van der Waals surface area contributed by atoms with E-state index < -0.39 is 11.8 Å². The maximum absolute atomic E-state index is 13.4. The fraction of sp³-hybridized carbons (Fsp3) is 0.292. The summed E-state index contributed by atoms with van der Waals surface area (Å²) in [7, 11) is 3.03. The molecule has 1 N–H and O–H groups in total. The van der Waals surface area contributed by atoms with Crippen LogP contribution in [0, 0.1) is 0 Å². The monoisotopic (exact) mass is 485 g/mol. The van der Waals surface area contributed by atoms with Crippen LogP contribution in [0.15, 0.2) is 42.0 Å². The van der Waals surface area contributed by atoms with Crippen LogP contribution in [-0.4, -0.2) is 50.1 Å². The first-order valence-electron chi connectivity index (χ1n) is 10.5. The zero-order chi connectivity index (χ0) is 23.5. The average Bonchev–Trinajstić information content (AvgIpc) is 3.22. The van der Waals surface area contributed by atoms with Crippen molar-refractivity contribution in [2.24, 2.45) is 0 Å². The summed E-state index contributed by atoms with van der Waals surface area (Å²) in [6.07, 6.45) is 3.43. The highest BCUT2D eigenvalue weighted by Gasteiger charge is 2.36. The van der Waals surface area contributed by atoms with E-state index in [-0.39, 0.29) is 10.7 Å². The molecule has 9 heteroatoms. The van der Waals surface area contributed by atoms with Crippen molar-refractivity contribution in [2.45, 2.75) is 12.8 Å². The molecule has 2 aliphatic rings. The van der Waals surface area contributed by atoms with Crippen LogP contribution in [0.2, 0.25) is 0 Å². The Morgan fingerprint density at radius 3 is 2.67 bits per heavy atom. The van der Waals surface area contributed by atoms with Crippen LogP contribution in [0.1, 0.15) is 17.5 Å². The number of carbonyl (C=O) groups is 2. The van der Waals surface area contributed by atoms with Gasteiger partial charge in [0, 0.05) is 30.7 Å². The molecule has 0 atom stereocenters. The van der Waals surface area contributed by atoms with Crippen molar-refractivity contribution >= 4 is 58.2 Å². The van der Waals surface area contributed by atoms with Crippen LogP contribution in [0.25, 0.3) is 6.08 Å². The number of thiocarbonyl (C=S) groups is 1. The molecule has 0 radical (unpaired) electrons. The molecule has 2 amide bonds. The Balaban J connectivity index is 1.67. The lowest BCUT2D eigenvalue weighted by molar-refractivity contribution is -0.122. The summed E-state index contributed by atoms with van der Waals surface area (Å²) in [5, 5.41) is 2.60. The minimum absolute atomic E-state index is 0.00887. The Bertz CT molecular complexity index is 1150. The molecule has 0 saturated carbocycles. The number of carbonyl (C=O) groups excluding carboxylic acids is 2. The number of alkyl halides is 1. The Morgan fingerprint density at radius 1 is 1.12 bits per heavy atom. The Labute approximate surface area is 202 Å². The minimum Gasteiger partial charge on any atom is -0.497 e. The Morgan fingerprint density at radius 2 is 1.94 bits per heavy atom. The maximum atomic E-state index is 13.4. The van der Waals surface area contributed by atoms with E-state index in [1.165, 1.54) is 30.4 Å². The molecule has 2 aliphatic heterocycles. The topological polar surface area (TPSA) is 71.1 Å². The number of halogens is 1. The highest BCUT2D eigenvalue weighted by Crippen LogP contribution is 2.35. The summed E-state index contributed by atoms with van der Waals surface area (Å²) in [6.45, 7) is 1.84. The molecule has 1 fully saturated rings. The number of fused-ring (bicyclic) bond motifs is 1. The minimum atomic E-state index is -0.535. The first-order chi connectivity index (χ1) is 16.0. The molecule has 4 rings (SSSR count). The summed E-state index contributed by atoms with van der Waals surface area (Å²) >= 11 is 11.2. The van der Waals surface area contributed by atoms with Gasteiger partial charge in [-0.25, -0.2) is 4.90 Å². The maximum Gasteiger partial charge on any atom is 0.270 e. The molecule has 2 heterocycles. The molecule has 0 aliphatic carbocycles. The summed E-state index contributed by atoms with van der Waals surface area (Å²) < 4.78 is 10.7. The van der Waals surface area contributed by atoms with E-state index in [1.54, 1.807) is 24.3 Å². The molecule has 7 nitrogen and oxygen atoms in total. The third-order valence-corrected chi connectivity index (χ3v) is 6.25. The lowest BCUT2D eigenvalue weighted by atomic mass is 10.0. The van der Waals surface area contributed by atoms with E-state index in [2.05, 4.69) is 10.2 Å². The van der Waals surface area contributed by atoms with Crippen LogP contribution in [0.3, 0.4) is 0 Å².